The van der Waals surface area contributed by atoms with Gasteiger partial charge in [-0.25, -0.2) is 4.98 Å². The van der Waals surface area contributed by atoms with Crippen molar-refractivity contribution >= 4 is 17.3 Å². The Bertz CT molecular complexity index is 453. The Balaban J connectivity index is 2.34. The van der Waals surface area contributed by atoms with Gasteiger partial charge in [0.1, 0.15) is 0 Å². The van der Waals surface area contributed by atoms with E-state index in [1.807, 2.05) is 13.2 Å². The number of hydrogen-bond donors (Lipinski definition) is 2. The molecule has 0 aliphatic heterocycles. The molecule has 5 nitrogen and oxygen atoms in total. The topological polar surface area (TPSA) is 52.6 Å². The number of nitrogens with zero attached hydrogens (tertiary/aromatic N) is 3. The van der Waals surface area contributed by atoms with E-state index < -0.39 is 0 Å². The van der Waals surface area contributed by atoms with Crippen LogP contribution in [-0.2, 0) is 6.42 Å². The maximum atomic E-state index is 4.38. The zero-order chi connectivity index (χ0) is 16.5. The Hall–Kier alpha value is -1.14. The molecule has 1 aromatic heterocycles. The normalized spacial score (nSPS) is 13.7. The molecule has 1 rings (SSSR count). The minimum Gasteiger partial charge on any atom is -0.356 e. The second-order valence-corrected chi connectivity index (χ2v) is 7.56. The number of thiazole rings is 1. The molecule has 1 atom stereocenters. The van der Waals surface area contributed by atoms with Gasteiger partial charge < -0.3 is 15.5 Å². The zero-order valence-electron chi connectivity index (χ0n) is 14.8. The summed E-state index contributed by atoms with van der Waals surface area (Å²) >= 11 is 1.76. The van der Waals surface area contributed by atoms with Gasteiger partial charge in [0.05, 0.1) is 5.01 Å². The second kappa shape index (κ2) is 9.79. The molecule has 0 aliphatic rings. The van der Waals surface area contributed by atoms with Gasteiger partial charge in [-0.3, -0.25) is 4.99 Å². The van der Waals surface area contributed by atoms with E-state index in [0.717, 1.165) is 25.5 Å². The molecule has 0 spiro atoms. The number of aliphatic imine (C=N–C) groups is 1. The van der Waals surface area contributed by atoms with E-state index in [1.165, 1.54) is 16.3 Å². The standard InChI is InChI=1S/C16H31N5S/c1-12(2)9-14(21(5)6)11-20-16(17-4)18-8-7-15-19-10-13(3)22-15/h10,12,14H,7-9,11H2,1-6H3,(H2,17,18,20). The first-order valence-electron chi connectivity index (χ1n) is 7.94. The number of hydrogen-bond acceptors (Lipinski definition) is 4. The van der Waals surface area contributed by atoms with Crippen LogP contribution in [0.4, 0.5) is 0 Å². The van der Waals surface area contributed by atoms with Crippen molar-refractivity contribution in [3.05, 3.63) is 16.1 Å². The molecule has 0 aliphatic carbocycles. The highest BCUT2D eigenvalue weighted by Crippen LogP contribution is 2.11. The molecular formula is C16H31N5S. The van der Waals surface area contributed by atoms with Crippen molar-refractivity contribution in [3.8, 4) is 0 Å². The second-order valence-electron chi connectivity index (χ2n) is 6.24. The third-order valence-electron chi connectivity index (χ3n) is 3.50. The van der Waals surface area contributed by atoms with Crippen LogP contribution in [0.15, 0.2) is 11.2 Å². The SMILES string of the molecule is CN=C(NCCc1ncc(C)s1)NCC(CC(C)C)N(C)C. The molecule has 0 saturated heterocycles. The van der Waals surface area contributed by atoms with Crippen LogP contribution >= 0.6 is 11.3 Å². The molecule has 0 radical (unpaired) electrons. The van der Waals surface area contributed by atoms with Crippen molar-refractivity contribution in [2.24, 2.45) is 10.9 Å². The van der Waals surface area contributed by atoms with Crippen molar-refractivity contribution in [2.45, 2.75) is 39.7 Å². The van der Waals surface area contributed by atoms with Gasteiger partial charge in [0.2, 0.25) is 0 Å². The van der Waals surface area contributed by atoms with Gasteiger partial charge >= 0.3 is 0 Å². The predicted octanol–water partition coefficient (Wildman–Crippen LogP) is 2.14. The average Bonchev–Trinajstić information content (AvgIpc) is 2.86. The van der Waals surface area contributed by atoms with Gasteiger partial charge in [0, 0.05) is 43.7 Å². The van der Waals surface area contributed by atoms with Crippen LogP contribution in [0.2, 0.25) is 0 Å². The van der Waals surface area contributed by atoms with Gasteiger partial charge in [-0.15, -0.1) is 11.3 Å². The molecule has 0 amide bonds. The first-order valence-corrected chi connectivity index (χ1v) is 8.76. The number of aryl methyl sites for hydroxylation is 1. The summed E-state index contributed by atoms with van der Waals surface area (Å²) in [5.41, 5.74) is 0. The molecule has 0 aromatic carbocycles. The molecule has 6 heteroatoms. The lowest BCUT2D eigenvalue weighted by atomic mass is 10.0. The fourth-order valence-corrected chi connectivity index (χ4v) is 3.05. The Morgan fingerprint density at radius 1 is 1.36 bits per heavy atom. The van der Waals surface area contributed by atoms with Crippen molar-refractivity contribution in [1.82, 2.24) is 20.5 Å². The quantitative estimate of drug-likeness (QED) is 0.568. The monoisotopic (exact) mass is 325 g/mol. The van der Waals surface area contributed by atoms with Crippen molar-refractivity contribution in [1.29, 1.82) is 0 Å². The molecule has 0 fully saturated rings. The van der Waals surface area contributed by atoms with Crippen LogP contribution in [0.5, 0.6) is 0 Å². The first kappa shape index (κ1) is 18.9. The Morgan fingerprint density at radius 2 is 2.09 bits per heavy atom. The summed E-state index contributed by atoms with van der Waals surface area (Å²) in [5, 5.41) is 7.96. The number of guanidine groups is 1. The molecule has 0 saturated carbocycles. The molecule has 1 heterocycles. The molecule has 2 N–H and O–H groups in total. The first-order chi connectivity index (χ1) is 10.4. The van der Waals surface area contributed by atoms with Crippen LogP contribution in [0, 0.1) is 12.8 Å². The molecule has 1 aromatic rings. The maximum Gasteiger partial charge on any atom is 0.191 e. The van der Waals surface area contributed by atoms with E-state index in [2.05, 4.69) is 60.4 Å². The average molecular weight is 326 g/mol. The van der Waals surface area contributed by atoms with Gasteiger partial charge in [0.25, 0.3) is 0 Å². The van der Waals surface area contributed by atoms with E-state index in [9.17, 15) is 0 Å². The van der Waals surface area contributed by atoms with Crippen LogP contribution in [0.1, 0.15) is 30.2 Å². The van der Waals surface area contributed by atoms with E-state index in [1.54, 1.807) is 11.3 Å². The highest BCUT2D eigenvalue weighted by Gasteiger charge is 2.13. The van der Waals surface area contributed by atoms with Gasteiger partial charge in [-0.05, 0) is 33.4 Å². The lowest BCUT2D eigenvalue weighted by molar-refractivity contribution is 0.254. The van der Waals surface area contributed by atoms with Gasteiger partial charge in [0.15, 0.2) is 5.96 Å². The fraction of sp³-hybridized carbons (Fsp3) is 0.750. The summed E-state index contributed by atoms with van der Waals surface area (Å²) in [6.45, 7) is 8.37. The van der Waals surface area contributed by atoms with E-state index >= 15 is 0 Å². The predicted molar refractivity (Wildman–Crippen MR) is 96.8 cm³/mol. The van der Waals surface area contributed by atoms with Gasteiger partial charge in [-0.2, -0.15) is 0 Å². The Labute approximate surface area is 139 Å². The van der Waals surface area contributed by atoms with Crippen molar-refractivity contribution < 1.29 is 0 Å². The number of nitrogens with one attached hydrogen (secondary N) is 2. The van der Waals surface area contributed by atoms with Crippen molar-refractivity contribution in [2.75, 3.05) is 34.2 Å². The molecule has 22 heavy (non-hydrogen) atoms. The number of aromatic nitrogens is 1. The summed E-state index contributed by atoms with van der Waals surface area (Å²) in [6, 6.07) is 0.514. The van der Waals surface area contributed by atoms with Crippen LogP contribution in [0.25, 0.3) is 0 Å². The number of rotatable bonds is 8. The Morgan fingerprint density at radius 3 is 2.59 bits per heavy atom. The lowest BCUT2D eigenvalue weighted by Gasteiger charge is -2.27. The summed E-state index contributed by atoms with van der Waals surface area (Å²) in [4.78, 5) is 12.2. The summed E-state index contributed by atoms with van der Waals surface area (Å²) in [5.74, 6) is 1.56. The fourth-order valence-electron chi connectivity index (χ4n) is 2.26. The third kappa shape index (κ3) is 7.22. The molecule has 1 unspecified atom stereocenters. The lowest BCUT2D eigenvalue weighted by Crippen LogP contribution is -2.45. The van der Waals surface area contributed by atoms with Crippen molar-refractivity contribution in [3.63, 3.8) is 0 Å². The Kier molecular flexibility index (Phi) is 8.42. The molecule has 0 bridgehead atoms. The highest BCUT2D eigenvalue weighted by molar-refractivity contribution is 7.11. The molecular weight excluding hydrogens is 294 g/mol. The maximum absolute atomic E-state index is 4.38. The summed E-state index contributed by atoms with van der Waals surface area (Å²) < 4.78 is 0. The summed E-state index contributed by atoms with van der Waals surface area (Å²) in [6.07, 6.45) is 4.04. The van der Waals surface area contributed by atoms with Crippen LogP contribution in [0.3, 0.4) is 0 Å². The van der Waals surface area contributed by atoms with E-state index in [0.29, 0.717) is 12.0 Å². The minimum absolute atomic E-state index is 0.514. The largest absolute Gasteiger partial charge is 0.356 e. The smallest absolute Gasteiger partial charge is 0.191 e. The molecule has 126 valence electrons. The summed E-state index contributed by atoms with van der Waals surface area (Å²) in [7, 11) is 6.08. The van der Waals surface area contributed by atoms with Crippen LogP contribution in [-0.4, -0.2) is 56.1 Å². The highest BCUT2D eigenvalue weighted by atomic mass is 32.1. The van der Waals surface area contributed by atoms with Gasteiger partial charge in [-0.1, -0.05) is 13.8 Å². The third-order valence-corrected chi connectivity index (χ3v) is 4.48. The zero-order valence-corrected chi connectivity index (χ0v) is 15.6. The van der Waals surface area contributed by atoms with E-state index in [-0.39, 0.29) is 0 Å². The van der Waals surface area contributed by atoms with E-state index in [4.69, 9.17) is 0 Å². The number of likely N-dealkylation sites (N-methyl/N-ethyl adjacent to an activating group) is 1. The van der Waals surface area contributed by atoms with Crippen LogP contribution < -0.4 is 10.6 Å². The minimum atomic E-state index is 0.514.